The lowest BCUT2D eigenvalue weighted by molar-refractivity contribution is 0.157. The maximum absolute atomic E-state index is 6.08. The molecule has 3 aromatic heterocycles. The first-order valence-corrected chi connectivity index (χ1v) is 13.6. The van der Waals surface area contributed by atoms with Gasteiger partial charge in [-0.3, -0.25) is 4.84 Å². The number of likely N-dealkylation sites (N-methyl/N-ethyl adjacent to an activating group) is 1. The molecule has 0 aliphatic carbocycles. The van der Waals surface area contributed by atoms with Gasteiger partial charge in [-0.05, 0) is 66.2 Å². The fraction of sp³-hybridized carbons (Fsp3) is 0.267. The van der Waals surface area contributed by atoms with Gasteiger partial charge in [-0.25, -0.2) is 24.5 Å². The molecule has 10 heteroatoms. The minimum absolute atomic E-state index is 0.0439. The zero-order valence-corrected chi connectivity index (χ0v) is 22.4. The number of nitrogens with zero attached hydrogens (tertiary/aromatic N) is 8. The molecule has 5 heterocycles. The summed E-state index contributed by atoms with van der Waals surface area (Å²) in [6.07, 6.45) is 5.95. The van der Waals surface area contributed by atoms with Crippen molar-refractivity contribution in [1.82, 2.24) is 29.5 Å². The van der Waals surface area contributed by atoms with Crippen LogP contribution in [0.4, 0.5) is 23.0 Å². The van der Waals surface area contributed by atoms with E-state index in [4.69, 9.17) is 4.84 Å². The number of benzene rings is 2. The molecule has 2 aliphatic heterocycles. The topological polar surface area (TPSA) is 87.0 Å². The number of piperazine rings is 1. The molecule has 1 N–H and O–H groups in total. The molecule has 40 heavy (non-hydrogen) atoms. The summed E-state index contributed by atoms with van der Waals surface area (Å²) in [4.78, 5) is 24.2. The number of nitrogens with one attached hydrogen (secondary N) is 1. The molecular weight excluding hydrogens is 502 g/mol. The molecular formula is C30H31N9O. The van der Waals surface area contributed by atoms with Crippen molar-refractivity contribution in [3.63, 3.8) is 0 Å². The van der Waals surface area contributed by atoms with E-state index in [2.05, 4.69) is 103 Å². The zero-order valence-electron chi connectivity index (χ0n) is 22.4. The molecule has 0 spiro atoms. The SMILES string of the molecule is CN1CCN(c2ccc(Nc3cc(N4OCCC4c4cccc(-c5ccn6ncnc6c5)c4)ncn3)cc2)CC1. The Labute approximate surface area is 232 Å². The maximum Gasteiger partial charge on any atom is 0.158 e. The van der Waals surface area contributed by atoms with Gasteiger partial charge in [-0.15, -0.1) is 0 Å². The van der Waals surface area contributed by atoms with E-state index in [1.54, 1.807) is 17.2 Å². The second-order valence-corrected chi connectivity index (χ2v) is 10.3. The highest BCUT2D eigenvalue weighted by Crippen LogP contribution is 2.36. The van der Waals surface area contributed by atoms with E-state index < -0.39 is 0 Å². The first kappa shape index (κ1) is 24.5. The van der Waals surface area contributed by atoms with E-state index in [9.17, 15) is 0 Å². The number of hydroxylamine groups is 1. The molecule has 1 unspecified atom stereocenters. The lowest BCUT2D eigenvalue weighted by Gasteiger charge is -2.34. The molecule has 2 saturated heterocycles. The minimum Gasteiger partial charge on any atom is -0.369 e. The first-order chi connectivity index (χ1) is 19.7. The Morgan fingerprint density at radius 2 is 1.70 bits per heavy atom. The van der Waals surface area contributed by atoms with Crippen molar-refractivity contribution in [2.75, 3.05) is 55.1 Å². The van der Waals surface area contributed by atoms with Crippen molar-refractivity contribution < 1.29 is 4.84 Å². The zero-order chi connectivity index (χ0) is 26.9. The average molecular weight is 534 g/mol. The van der Waals surface area contributed by atoms with Crippen molar-refractivity contribution in [3.8, 4) is 11.1 Å². The standard InChI is InChI=1S/C30H31N9O/c1-36-12-14-37(15-13-36)26-7-5-25(6-8-26)35-28-19-30(32-20-31-28)39-27(10-16-40-39)24-4-2-3-22(17-24)23-9-11-38-29(18-23)33-21-34-38/h2-9,11,17-21,27H,10,12-16H2,1H3,(H,31,32,35). The van der Waals surface area contributed by atoms with Crippen LogP contribution in [-0.2, 0) is 4.84 Å². The molecule has 202 valence electrons. The second-order valence-electron chi connectivity index (χ2n) is 10.3. The van der Waals surface area contributed by atoms with Crippen LogP contribution in [0.2, 0.25) is 0 Å². The molecule has 5 aromatic rings. The Hall–Kier alpha value is -4.54. The van der Waals surface area contributed by atoms with Gasteiger partial charge < -0.3 is 15.1 Å². The lowest BCUT2D eigenvalue weighted by Crippen LogP contribution is -2.44. The van der Waals surface area contributed by atoms with Gasteiger partial charge in [-0.2, -0.15) is 5.10 Å². The van der Waals surface area contributed by atoms with Gasteiger partial charge in [0.1, 0.15) is 18.5 Å². The molecule has 0 saturated carbocycles. The molecule has 7 rings (SSSR count). The van der Waals surface area contributed by atoms with Crippen LogP contribution in [0.1, 0.15) is 18.0 Å². The highest BCUT2D eigenvalue weighted by Gasteiger charge is 2.29. The summed E-state index contributed by atoms with van der Waals surface area (Å²) in [6.45, 7) is 4.91. The normalized spacial score (nSPS) is 18.0. The number of rotatable bonds is 6. The first-order valence-electron chi connectivity index (χ1n) is 13.6. The van der Waals surface area contributed by atoms with Crippen molar-refractivity contribution >= 4 is 28.7 Å². The summed E-state index contributed by atoms with van der Waals surface area (Å²) < 4.78 is 1.77. The Morgan fingerprint density at radius 1 is 0.850 bits per heavy atom. The van der Waals surface area contributed by atoms with E-state index in [0.717, 1.165) is 66.7 Å². The third kappa shape index (κ3) is 4.94. The predicted octanol–water partition coefficient (Wildman–Crippen LogP) is 4.56. The molecule has 10 nitrogen and oxygen atoms in total. The highest BCUT2D eigenvalue weighted by atomic mass is 16.7. The van der Waals surface area contributed by atoms with Crippen LogP contribution >= 0.6 is 0 Å². The summed E-state index contributed by atoms with van der Waals surface area (Å²) in [7, 11) is 2.17. The van der Waals surface area contributed by atoms with Crippen molar-refractivity contribution in [2.45, 2.75) is 12.5 Å². The van der Waals surface area contributed by atoms with Crippen molar-refractivity contribution in [2.24, 2.45) is 0 Å². The summed E-state index contributed by atoms with van der Waals surface area (Å²) in [5.74, 6) is 1.45. The number of fused-ring (bicyclic) bond motifs is 1. The van der Waals surface area contributed by atoms with Gasteiger partial charge in [0.2, 0.25) is 0 Å². The Kier molecular flexibility index (Phi) is 6.46. The lowest BCUT2D eigenvalue weighted by atomic mass is 9.98. The van der Waals surface area contributed by atoms with E-state index in [1.807, 2.05) is 17.3 Å². The van der Waals surface area contributed by atoms with E-state index in [0.29, 0.717) is 6.61 Å². The maximum atomic E-state index is 6.08. The molecule has 0 radical (unpaired) electrons. The summed E-state index contributed by atoms with van der Waals surface area (Å²) >= 11 is 0. The number of anilines is 4. The smallest absolute Gasteiger partial charge is 0.158 e. The predicted molar refractivity (Wildman–Crippen MR) is 156 cm³/mol. The van der Waals surface area contributed by atoms with Gasteiger partial charge in [0.25, 0.3) is 0 Å². The number of hydrogen-bond donors (Lipinski definition) is 1. The van der Waals surface area contributed by atoms with Crippen LogP contribution < -0.4 is 15.3 Å². The van der Waals surface area contributed by atoms with Crippen LogP contribution in [0.5, 0.6) is 0 Å². The van der Waals surface area contributed by atoms with Crippen LogP contribution in [-0.4, -0.2) is 69.3 Å². The third-order valence-electron chi connectivity index (χ3n) is 7.68. The number of aromatic nitrogens is 5. The average Bonchev–Trinajstić information content (AvgIpc) is 3.68. The van der Waals surface area contributed by atoms with Gasteiger partial charge >= 0.3 is 0 Å². The summed E-state index contributed by atoms with van der Waals surface area (Å²) in [6, 6.07) is 23.2. The fourth-order valence-electron chi connectivity index (χ4n) is 5.42. The highest BCUT2D eigenvalue weighted by molar-refractivity contribution is 5.68. The van der Waals surface area contributed by atoms with Gasteiger partial charge in [0, 0.05) is 56.2 Å². The van der Waals surface area contributed by atoms with E-state index >= 15 is 0 Å². The minimum atomic E-state index is 0.0439. The van der Waals surface area contributed by atoms with Crippen molar-refractivity contribution in [1.29, 1.82) is 0 Å². The Morgan fingerprint density at radius 3 is 2.58 bits per heavy atom. The van der Waals surface area contributed by atoms with Gasteiger partial charge in [0.15, 0.2) is 11.5 Å². The van der Waals surface area contributed by atoms with Crippen LogP contribution in [0.15, 0.2) is 85.6 Å². The molecule has 2 fully saturated rings. The fourth-order valence-corrected chi connectivity index (χ4v) is 5.42. The quantitative estimate of drug-likeness (QED) is 0.337. The molecule has 1 atom stereocenters. The van der Waals surface area contributed by atoms with Crippen LogP contribution in [0.25, 0.3) is 16.8 Å². The number of pyridine rings is 1. The molecule has 2 aromatic carbocycles. The third-order valence-corrected chi connectivity index (χ3v) is 7.68. The molecule has 2 aliphatic rings. The summed E-state index contributed by atoms with van der Waals surface area (Å²) in [5.41, 5.74) is 6.45. The van der Waals surface area contributed by atoms with Gasteiger partial charge in [0.05, 0.1) is 12.6 Å². The van der Waals surface area contributed by atoms with E-state index in [1.165, 1.54) is 11.3 Å². The second kappa shape index (κ2) is 10.6. The Balaban J connectivity index is 1.08. The largest absolute Gasteiger partial charge is 0.369 e. The molecule has 0 amide bonds. The van der Waals surface area contributed by atoms with E-state index in [-0.39, 0.29) is 6.04 Å². The number of hydrogen-bond acceptors (Lipinski definition) is 9. The van der Waals surface area contributed by atoms with Gasteiger partial charge in [-0.1, -0.05) is 18.2 Å². The monoisotopic (exact) mass is 533 g/mol. The summed E-state index contributed by atoms with van der Waals surface area (Å²) in [5, 5.41) is 9.53. The molecule has 0 bridgehead atoms. The van der Waals surface area contributed by atoms with Crippen molar-refractivity contribution in [3.05, 3.63) is 91.1 Å². The van der Waals surface area contributed by atoms with Crippen LogP contribution in [0, 0.1) is 0 Å². The van der Waals surface area contributed by atoms with Crippen LogP contribution in [0.3, 0.4) is 0 Å². The Bertz CT molecular complexity index is 1610.